The van der Waals surface area contributed by atoms with Crippen LogP contribution in [0, 0.1) is 0 Å². The fraction of sp³-hybridized carbons (Fsp3) is 0.143. The summed E-state index contributed by atoms with van der Waals surface area (Å²) in [6, 6.07) is 27.5. The molecule has 3 aromatic rings. The first-order valence-corrected chi connectivity index (χ1v) is 7.68. The van der Waals surface area contributed by atoms with Crippen LogP contribution in [0.3, 0.4) is 0 Å². The smallest absolute Gasteiger partial charge is 0.131 e. The molecule has 22 heavy (non-hydrogen) atoms. The highest BCUT2D eigenvalue weighted by Crippen LogP contribution is 2.45. The van der Waals surface area contributed by atoms with E-state index in [1.165, 1.54) is 16.7 Å². The Morgan fingerprint density at radius 3 is 2.18 bits per heavy atom. The molecule has 0 saturated heterocycles. The maximum atomic E-state index is 6.22. The van der Waals surface area contributed by atoms with Crippen LogP contribution >= 0.6 is 0 Å². The van der Waals surface area contributed by atoms with Gasteiger partial charge in [-0.3, -0.25) is 0 Å². The molecule has 4 rings (SSSR count). The topological polar surface area (TPSA) is 9.23 Å². The van der Waals surface area contributed by atoms with Gasteiger partial charge in [0.15, 0.2) is 0 Å². The van der Waals surface area contributed by atoms with Crippen LogP contribution in [0.2, 0.25) is 0 Å². The Morgan fingerprint density at radius 2 is 1.36 bits per heavy atom. The second kappa shape index (κ2) is 5.03. The number of benzene rings is 3. The predicted octanol–water partition coefficient (Wildman–Crippen LogP) is 5.34. The molecule has 1 heteroatoms. The molecule has 1 heterocycles. The summed E-state index contributed by atoms with van der Waals surface area (Å²) in [6.07, 6.45) is 0.935. The largest absolute Gasteiger partial charge is 0.457 e. The van der Waals surface area contributed by atoms with E-state index in [2.05, 4.69) is 73.7 Å². The molecule has 0 bridgehead atoms. The van der Waals surface area contributed by atoms with E-state index in [0.29, 0.717) is 0 Å². The van der Waals surface area contributed by atoms with Crippen molar-refractivity contribution in [3.63, 3.8) is 0 Å². The van der Waals surface area contributed by atoms with Crippen molar-refractivity contribution in [1.29, 1.82) is 0 Å². The van der Waals surface area contributed by atoms with E-state index in [1.54, 1.807) is 0 Å². The molecule has 0 aliphatic carbocycles. The number of hydrogen-bond acceptors (Lipinski definition) is 1. The Balaban J connectivity index is 1.98. The van der Waals surface area contributed by atoms with Crippen molar-refractivity contribution in [1.82, 2.24) is 0 Å². The summed E-state index contributed by atoms with van der Waals surface area (Å²) in [5.74, 6) is 1.92. The van der Waals surface area contributed by atoms with Gasteiger partial charge in [0.25, 0.3) is 0 Å². The van der Waals surface area contributed by atoms with E-state index in [0.717, 1.165) is 17.9 Å². The predicted molar refractivity (Wildman–Crippen MR) is 89.6 cm³/mol. The van der Waals surface area contributed by atoms with Crippen molar-refractivity contribution in [2.24, 2.45) is 0 Å². The maximum absolute atomic E-state index is 6.22. The lowest BCUT2D eigenvalue weighted by molar-refractivity contribution is 0.475. The molecule has 0 spiro atoms. The van der Waals surface area contributed by atoms with Crippen LogP contribution in [0.25, 0.3) is 0 Å². The molecule has 0 saturated carbocycles. The highest BCUT2D eigenvalue weighted by atomic mass is 16.5. The lowest BCUT2D eigenvalue weighted by Gasteiger charge is -2.30. The Hall–Kier alpha value is -2.54. The summed E-state index contributed by atoms with van der Waals surface area (Å²) < 4.78 is 6.22. The van der Waals surface area contributed by atoms with E-state index < -0.39 is 0 Å². The molecule has 1 aliphatic heterocycles. The maximum Gasteiger partial charge on any atom is 0.131 e. The van der Waals surface area contributed by atoms with Crippen LogP contribution in [-0.4, -0.2) is 0 Å². The molecule has 0 fully saturated rings. The van der Waals surface area contributed by atoms with E-state index in [9.17, 15) is 0 Å². The van der Waals surface area contributed by atoms with Crippen molar-refractivity contribution < 1.29 is 4.74 Å². The van der Waals surface area contributed by atoms with Gasteiger partial charge in [-0.05, 0) is 29.7 Å². The van der Waals surface area contributed by atoms with Crippen LogP contribution in [0.15, 0.2) is 78.9 Å². The number of hydrogen-bond donors (Lipinski definition) is 0. The van der Waals surface area contributed by atoms with E-state index in [1.807, 2.05) is 12.1 Å². The lowest BCUT2D eigenvalue weighted by atomic mass is 9.72. The van der Waals surface area contributed by atoms with Gasteiger partial charge in [0, 0.05) is 11.0 Å². The lowest BCUT2D eigenvalue weighted by Crippen LogP contribution is -2.26. The minimum absolute atomic E-state index is 0.0928. The van der Waals surface area contributed by atoms with Crippen LogP contribution in [0.4, 0.5) is 0 Å². The molecule has 0 aromatic heterocycles. The first-order chi connectivity index (χ1) is 10.8. The minimum Gasteiger partial charge on any atom is -0.457 e. The summed E-state index contributed by atoms with van der Waals surface area (Å²) in [6.45, 7) is 2.31. The Bertz CT molecular complexity index is 807. The molecule has 1 nitrogen and oxygen atoms in total. The summed E-state index contributed by atoms with van der Waals surface area (Å²) in [5.41, 5.74) is 3.73. The van der Waals surface area contributed by atoms with Gasteiger partial charge >= 0.3 is 0 Å². The molecule has 0 N–H and O–H groups in total. The van der Waals surface area contributed by atoms with Gasteiger partial charge in [0.1, 0.15) is 11.5 Å². The third-order valence-corrected chi connectivity index (χ3v) is 4.63. The van der Waals surface area contributed by atoms with E-state index >= 15 is 0 Å². The summed E-state index contributed by atoms with van der Waals surface area (Å²) in [5, 5.41) is 0. The van der Waals surface area contributed by atoms with Gasteiger partial charge < -0.3 is 4.74 Å². The van der Waals surface area contributed by atoms with E-state index in [4.69, 9.17) is 4.74 Å². The van der Waals surface area contributed by atoms with Gasteiger partial charge in [-0.15, -0.1) is 0 Å². The molecule has 1 aliphatic rings. The monoisotopic (exact) mass is 286 g/mol. The van der Waals surface area contributed by atoms with Gasteiger partial charge in [-0.1, -0.05) is 73.7 Å². The molecule has 0 amide bonds. The highest BCUT2D eigenvalue weighted by Gasteiger charge is 2.35. The third-order valence-electron chi connectivity index (χ3n) is 4.63. The normalized spacial score (nSPS) is 19.5. The summed E-state index contributed by atoms with van der Waals surface area (Å²) >= 11 is 0. The number of ether oxygens (including phenoxy) is 1. The fourth-order valence-corrected chi connectivity index (χ4v) is 3.42. The standard InChI is InChI=1S/C21H18O/c1-21(17-10-3-2-4-11-17)15-16-9-5-7-13-19(16)22-20-14-8-6-12-18(20)21/h2-14H,15H2,1H3. The van der Waals surface area contributed by atoms with Crippen molar-refractivity contribution in [3.05, 3.63) is 95.6 Å². The molecule has 3 aromatic carbocycles. The second-order valence-corrected chi connectivity index (χ2v) is 6.08. The molecule has 0 radical (unpaired) electrons. The van der Waals surface area contributed by atoms with Crippen LogP contribution < -0.4 is 4.74 Å². The third kappa shape index (κ3) is 2.01. The highest BCUT2D eigenvalue weighted by molar-refractivity contribution is 5.53. The first kappa shape index (κ1) is 13.1. The Labute approximate surface area is 131 Å². The second-order valence-electron chi connectivity index (χ2n) is 6.08. The van der Waals surface area contributed by atoms with Crippen LogP contribution in [-0.2, 0) is 11.8 Å². The zero-order valence-corrected chi connectivity index (χ0v) is 12.6. The Morgan fingerprint density at radius 1 is 0.727 bits per heavy atom. The zero-order chi connectivity index (χ0) is 15.0. The molecule has 1 atom stereocenters. The van der Waals surface area contributed by atoms with Crippen molar-refractivity contribution >= 4 is 0 Å². The number of rotatable bonds is 1. The fourth-order valence-electron chi connectivity index (χ4n) is 3.42. The summed E-state index contributed by atoms with van der Waals surface area (Å²) in [7, 11) is 0. The first-order valence-electron chi connectivity index (χ1n) is 7.68. The van der Waals surface area contributed by atoms with E-state index in [-0.39, 0.29) is 5.41 Å². The average molecular weight is 286 g/mol. The molecular weight excluding hydrogens is 268 g/mol. The molecule has 108 valence electrons. The summed E-state index contributed by atoms with van der Waals surface area (Å²) in [4.78, 5) is 0. The quantitative estimate of drug-likeness (QED) is 0.586. The van der Waals surface area contributed by atoms with Crippen LogP contribution in [0.5, 0.6) is 11.5 Å². The van der Waals surface area contributed by atoms with Gasteiger partial charge in [0.05, 0.1) is 0 Å². The van der Waals surface area contributed by atoms with Crippen molar-refractivity contribution in [2.45, 2.75) is 18.8 Å². The number of para-hydroxylation sites is 2. The molecular formula is C21H18O. The average Bonchev–Trinajstić information content (AvgIpc) is 2.70. The van der Waals surface area contributed by atoms with Crippen molar-refractivity contribution in [3.8, 4) is 11.5 Å². The van der Waals surface area contributed by atoms with Crippen LogP contribution in [0.1, 0.15) is 23.6 Å². The number of fused-ring (bicyclic) bond motifs is 2. The van der Waals surface area contributed by atoms with Crippen molar-refractivity contribution in [2.75, 3.05) is 0 Å². The minimum atomic E-state index is -0.0928. The van der Waals surface area contributed by atoms with Gasteiger partial charge in [0.2, 0.25) is 0 Å². The van der Waals surface area contributed by atoms with Gasteiger partial charge in [-0.25, -0.2) is 0 Å². The zero-order valence-electron chi connectivity index (χ0n) is 12.6. The SMILES string of the molecule is CC1(c2ccccc2)Cc2ccccc2Oc2ccccc21. The van der Waals surface area contributed by atoms with Gasteiger partial charge in [-0.2, -0.15) is 0 Å². The Kier molecular flexibility index (Phi) is 3.00. The molecule has 1 unspecified atom stereocenters.